The van der Waals surface area contributed by atoms with Crippen LogP contribution in [0.15, 0.2) is 42.6 Å². The fourth-order valence-electron chi connectivity index (χ4n) is 1.80. The van der Waals surface area contributed by atoms with E-state index in [9.17, 15) is 9.18 Å². The summed E-state index contributed by atoms with van der Waals surface area (Å²) in [5.41, 5.74) is 0.962. The zero-order valence-electron chi connectivity index (χ0n) is 11.4. The van der Waals surface area contributed by atoms with Crippen LogP contribution in [0.1, 0.15) is 17.3 Å². The number of amides is 1. The monoisotopic (exact) mass is 273 g/mol. The van der Waals surface area contributed by atoms with E-state index in [1.807, 2.05) is 6.92 Å². The first-order chi connectivity index (χ1) is 9.61. The molecule has 2 aromatic rings. The molecule has 2 rings (SSSR count). The van der Waals surface area contributed by atoms with Crippen molar-refractivity contribution in [1.29, 1.82) is 0 Å². The van der Waals surface area contributed by atoms with Gasteiger partial charge in [-0.25, -0.2) is 9.37 Å². The van der Waals surface area contributed by atoms with Gasteiger partial charge in [0.15, 0.2) is 0 Å². The van der Waals surface area contributed by atoms with Crippen LogP contribution in [0.25, 0.3) is 0 Å². The highest BCUT2D eigenvalue weighted by Crippen LogP contribution is 2.17. The van der Waals surface area contributed by atoms with E-state index >= 15 is 0 Å². The van der Waals surface area contributed by atoms with Crippen molar-refractivity contribution in [3.05, 3.63) is 54.0 Å². The molecule has 0 aliphatic carbocycles. The van der Waals surface area contributed by atoms with E-state index in [2.05, 4.69) is 10.3 Å². The van der Waals surface area contributed by atoms with Gasteiger partial charge in [-0.15, -0.1) is 0 Å². The van der Waals surface area contributed by atoms with E-state index < -0.39 is 0 Å². The van der Waals surface area contributed by atoms with Gasteiger partial charge in [-0.05, 0) is 37.3 Å². The van der Waals surface area contributed by atoms with Gasteiger partial charge >= 0.3 is 0 Å². The standard InChI is InChI=1S/C15H16FN3O/c1-3-17-14-8-7-11(10-18-14)15(20)19(2)13-6-4-5-12(16)9-13/h4-10H,3H2,1-2H3,(H,17,18). The molecule has 1 heterocycles. The van der Waals surface area contributed by atoms with E-state index in [4.69, 9.17) is 0 Å². The van der Waals surface area contributed by atoms with Crippen LogP contribution in [-0.4, -0.2) is 24.5 Å². The molecule has 0 aliphatic rings. The second kappa shape index (κ2) is 6.14. The van der Waals surface area contributed by atoms with Gasteiger partial charge < -0.3 is 10.2 Å². The summed E-state index contributed by atoms with van der Waals surface area (Å²) < 4.78 is 13.2. The quantitative estimate of drug-likeness (QED) is 0.931. The molecule has 1 aromatic heterocycles. The molecule has 0 bridgehead atoms. The largest absolute Gasteiger partial charge is 0.370 e. The molecule has 0 spiro atoms. The maximum atomic E-state index is 13.2. The highest BCUT2D eigenvalue weighted by Gasteiger charge is 2.14. The van der Waals surface area contributed by atoms with Crippen LogP contribution in [0.3, 0.4) is 0 Å². The lowest BCUT2D eigenvalue weighted by atomic mass is 10.2. The van der Waals surface area contributed by atoms with Gasteiger partial charge in [-0.1, -0.05) is 6.07 Å². The lowest BCUT2D eigenvalue weighted by Gasteiger charge is -2.17. The zero-order valence-corrected chi connectivity index (χ0v) is 11.4. The Labute approximate surface area is 117 Å². The van der Waals surface area contributed by atoms with Gasteiger partial charge in [0.2, 0.25) is 0 Å². The van der Waals surface area contributed by atoms with Gasteiger partial charge in [-0.2, -0.15) is 0 Å². The van der Waals surface area contributed by atoms with E-state index in [0.29, 0.717) is 11.3 Å². The van der Waals surface area contributed by atoms with Crippen LogP contribution in [-0.2, 0) is 0 Å². The number of benzene rings is 1. The van der Waals surface area contributed by atoms with Crippen LogP contribution in [0.4, 0.5) is 15.9 Å². The van der Waals surface area contributed by atoms with Crippen molar-refractivity contribution in [3.8, 4) is 0 Å². The minimum absolute atomic E-state index is 0.230. The van der Waals surface area contributed by atoms with Crippen molar-refractivity contribution < 1.29 is 9.18 Å². The number of nitrogens with one attached hydrogen (secondary N) is 1. The third-order valence-corrected chi connectivity index (χ3v) is 2.87. The number of anilines is 2. The fraction of sp³-hybridized carbons (Fsp3) is 0.200. The minimum atomic E-state index is -0.372. The summed E-state index contributed by atoms with van der Waals surface area (Å²) in [7, 11) is 1.61. The van der Waals surface area contributed by atoms with Gasteiger partial charge in [-0.3, -0.25) is 4.79 Å². The average molecular weight is 273 g/mol. The first-order valence-electron chi connectivity index (χ1n) is 6.35. The molecule has 5 heteroatoms. The molecule has 0 saturated heterocycles. The van der Waals surface area contributed by atoms with Crippen LogP contribution in [0, 0.1) is 5.82 Å². The van der Waals surface area contributed by atoms with Crippen molar-refractivity contribution >= 4 is 17.4 Å². The molecule has 0 unspecified atom stereocenters. The molecular formula is C15H16FN3O. The molecule has 0 aliphatic heterocycles. The lowest BCUT2D eigenvalue weighted by Crippen LogP contribution is -2.26. The summed E-state index contributed by atoms with van der Waals surface area (Å²) in [5.74, 6) is 0.117. The highest BCUT2D eigenvalue weighted by molar-refractivity contribution is 6.05. The van der Waals surface area contributed by atoms with Crippen LogP contribution in [0.5, 0.6) is 0 Å². The summed E-state index contributed by atoms with van der Waals surface area (Å²) in [6.07, 6.45) is 1.51. The maximum absolute atomic E-state index is 13.2. The van der Waals surface area contributed by atoms with E-state index in [-0.39, 0.29) is 11.7 Å². The van der Waals surface area contributed by atoms with Gasteiger partial charge in [0, 0.05) is 25.5 Å². The molecule has 0 radical (unpaired) electrons. The first kappa shape index (κ1) is 14.0. The Morgan fingerprint density at radius 2 is 2.15 bits per heavy atom. The highest BCUT2D eigenvalue weighted by atomic mass is 19.1. The van der Waals surface area contributed by atoms with Crippen LogP contribution >= 0.6 is 0 Å². The van der Waals surface area contributed by atoms with E-state index in [0.717, 1.165) is 12.4 Å². The molecule has 0 atom stereocenters. The van der Waals surface area contributed by atoms with Crippen LogP contribution in [0.2, 0.25) is 0 Å². The average Bonchev–Trinajstić information content (AvgIpc) is 2.47. The van der Waals surface area contributed by atoms with Crippen molar-refractivity contribution in [3.63, 3.8) is 0 Å². The number of rotatable bonds is 4. The lowest BCUT2D eigenvalue weighted by molar-refractivity contribution is 0.0992. The Bertz CT molecular complexity index is 598. The minimum Gasteiger partial charge on any atom is -0.370 e. The summed E-state index contributed by atoms with van der Waals surface area (Å²) in [6.45, 7) is 2.74. The van der Waals surface area contributed by atoms with Crippen molar-refractivity contribution in [2.45, 2.75) is 6.92 Å². The third kappa shape index (κ3) is 3.12. The molecule has 1 N–H and O–H groups in total. The summed E-state index contributed by atoms with van der Waals surface area (Å²) in [6, 6.07) is 9.36. The molecule has 0 saturated carbocycles. The number of aromatic nitrogens is 1. The number of hydrogen-bond donors (Lipinski definition) is 1. The smallest absolute Gasteiger partial charge is 0.259 e. The molecule has 20 heavy (non-hydrogen) atoms. The molecule has 104 valence electrons. The fourth-order valence-corrected chi connectivity index (χ4v) is 1.80. The number of carbonyl (C=O) groups excluding carboxylic acids is 1. The number of nitrogens with zero attached hydrogens (tertiary/aromatic N) is 2. The summed E-state index contributed by atoms with van der Waals surface area (Å²) >= 11 is 0. The van der Waals surface area contributed by atoms with Gasteiger partial charge in [0.05, 0.1) is 5.56 Å². The Kier molecular flexibility index (Phi) is 4.30. The molecule has 1 aromatic carbocycles. The molecule has 1 amide bonds. The number of pyridine rings is 1. The number of halogens is 1. The Morgan fingerprint density at radius 3 is 2.75 bits per heavy atom. The van der Waals surface area contributed by atoms with E-state index in [1.165, 1.54) is 23.2 Å². The molecule has 4 nitrogen and oxygen atoms in total. The zero-order chi connectivity index (χ0) is 14.5. The second-order valence-corrected chi connectivity index (χ2v) is 4.31. The second-order valence-electron chi connectivity index (χ2n) is 4.31. The van der Waals surface area contributed by atoms with Gasteiger partial charge in [0.25, 0.3) is 5.91 Å². The summed E-state index contributed by atoms with van der Waals surface area (Å²) in [4.78, 5) is 17.8. The Balaban J connectivity index is 2.18. The number of carbonyl (C=O) groups is 1. The van der Waals surface area contributed by atoms with Crippen molar-refractivity contribution in [2.75, 3.05) is 23.8 Å². The Hall–Kier alpha value is -2.43. The predicted molar refractivity (Wildman–Crippen MR) is 77.5 cm³/mol. The predicted octanol–water partition coefficient (Wildman–Crippen LogP) is 2.93. The van der Waals surface area contributed by atoms with Crippen molar-refractivity contribution in [1.82, 2.24) is 4.98 Å². The van der Waals surface area contributed by atoms with Crippen molar-refractivity contribution in [2.24, 2.45) is 0 Å². The third-order valence-electron chi connectivity index (χ3n) is 2.87. The van der Waals surface area contributed by atoms with E-state index in [1.54, 1.807) is 31.3 Å². The van der Waals surface area contributed by atoms with Crippen LogP contribution < -0.4 is 10.2 Å². The molecule has 0 fully saturated rings. The number of hydrogen-bond acceptors (Lipinski definition) is 3. The van der Waals surface area contributed by atoms with Gasteiger partial charge in [0.1, 0.15) is 11.6 Å². The topological polar surface area (TPSA) is 45.2 Å². The Morgan fingerprint density at radius 1 is 1.35 bits per heavy atom. The SMILES string of the molecule is CCNc1ccc(C(=O)N(C)c2cccc(F)c2)cn1. The molecular weight excluding hydrogens is 257 g/mol. The first-order valence-corrected chi connectivity index (χ1v) is 6.35. The normalized spacial score (nSPS) is 10.2. The maximum Gasteiger partial charge on any atom is 0.259 e. The summed E-state index contributed by atoms with van der Waals surface area (Å²) in [5, 5.41) is 3.06.